The number of rotatable bonds is 3. The first kappa shape index (κ1) is 15.5. The lowest BCUT2D eigenvalue weighted by atomic mass is 10.2. The molecular weight excluding hydrogens is 299 g/mol. The first-order valence-electron chi connectivity index (χ1n) is 5.99. The summed E-state index contributed by atoms with van der Waals surface area (Å²) in [5.74, 6) is -3.13. The van der Waals surface area contributed by atoms with Gasteiger partial charge in [0.15, 0.2) is 11.6 Å². The molecule has 1 fully saturated rings. The van der Waals surface area contributed by atoms with Crippen molar-refractivity contribution in [3.63, 3.8) is 0 Å². The Kier molecular flexibility index (Phi) is 4.31. The van der Waals surface area contributed by atoms with Crippen molar-refractivity contribution in [1.82, 2.24) is 5.32 Å². The van der Waals surface area contributed by atoms with E-state index in [1.54, 1.807) is 0 Å². The summed E-state index contributed by atoms with van der Waals surface area (Å²) in [7, 11) is 0. The molecule has 1 aromatic carbocycles. The highest BCUT2D eigenvalue weighted by molar-refractivity contribution is 5.95. The minimum atomic E-state index is -5.04. The third-order valence-corrected chi connectivity index (χ3v) is 2.84. The van der Waals surface area contributed by atoms with Crippen LogP contribution in [-0.4, -0.2) is 31.0 Å². The maximum Gasteiger partial charge on any atom is 0.573 e. The van der Waals surface area contributed by atoms with Gasteiger partial charge in [-0.05, 0) is 12.1 Å². The fraction of sp³-hybridized carbons (Fsp3) is 0.417. The van der Waals surface area contributed by atoms with Crippen molar-refractivity contribution in [2.24, 2.45) is 0 Å². The maximum atomic E-state index is 13.8. The van der Waals surface area contributed by atoms with Crippen LogP contribution in [0.2, 0.25) is 0 Å². The van der Waals surface area contributed by atoms with E-state index in [1.165, 1.54) is 0 Å². The lowest BCUT2D eigenvalue weighted by Gasteiger charge is -2.14. The standard InChI is InChI=1S/C12H11F5N2O2/c13-6-4-8(18-5-6)11(20)19-7-2-1-3-9(10(7)14)21-12(15,16)17/h1-3,6,8,18H,4-5H2,(H,19,20)/t6-,8+/m1/s1. The molecule has 1 heterocycles. The molecule has 21 heavy (non-hydrogen) atoms. The number of amides is 1. The lowest BCUT2D eigenvalue weighted by Crippen LogP contribution is -2.35. The second-order valence-electron chi connectivity index (χ2n) is 4.45. The Morgan fingerprint density at radius 3 is 2.67 bits per heavy atom. The van der Waals surface area contributed by atoms with Crippen molar-refractivity contribution in [3.8, 4) is 5.75 Å². The summed E-state index contributed by atoms with van der Waals surface area (Å²) in [4.78, 5) is 11.7. The number of hydrogen-bond donors (Lipinski definition) is 2. The van der Waals surface area contributed by atoms with E-state index in [4.69, 9.17) is 0 Å². The van der Waals surface area contributed by atoms with Crippen LogP contribution in [0.5, 0.6) is 5.75 Å². The molecule has 1 aliphatic heterocycles. The third kappa shape index (κ3) is 4.03. The predicted molar refractivity (Wildman–Crippen MR) is 63.0 cm³/mol. The van der Waals surface area contributed by atoms with Crippen molar-refractivity contribution < 1.29 is 31.5 Å². The molecule has 0 aromatic heterocycles. The van der Waals surface area contributed by atoms with Gasteiger partial charge in [0, 0.05) is 13.0 Å². The Hall–Kier alpha value is -1.90. The predicted octanol–water partition coefficient (Wildman–Crippen LogP) is 2.36. The van der Waals surface area contributed by atoms with Crippen LogP contribution in [-0.2, 0) is 4.79 Å². The summed E-state index contributed by atoms with van der Waals surface area (Å²) < 4.78 is 66.5. The average molecular weight is 310 g/mol. The van der Waals surface area contributed by atoms with Gasteiger partial charge in [-0.2, -0.15) is 0 Å². The Bertz CT molecular complexity index is 535. The summed E-state index contributed by atoms with van der Waals surface area (Å²) in [6.07, 6.45) is -6.31. The molecule has 0 saturated carbocycles. The van der Waals surface area contributed by atoms with Gasteiger partial charge in [-0.1, -0.05) is 6.07 Å². The van der Waals surface area contributed by atoms with E-state index in [0.29, 0.717) is 0 Å². The second-order valence-corrected chi connectivity index (χ2v) is 4.45. The Morgan fingerprint density at radius 1 is 1.38 bits per heavy atom. The number of halogens is 5. The molecule has 2 rings (SSSR count). The zero-order chi connectivity index (χ0) is 15.6. The van der Waals surface area contributed by atoms with Gasteiger partial charge in [0.1, 0.15) is 6.17 Å². The van der Waals surface area contributed by atoms with Crippen molar-refractivity contribution >= 4 is 11.6 Å². The number of alkyl halides is 4. The van der Waals surface area contributed by atoms with E-state index in [0.717, 1.165) is 18.2 Å². The fourth-order valence-electron chi connectivity index (χ4n) is 1.92. The molecule has 1 aromatic rings. The second kappa shape index (κ2) is 5.84. The summed E-state index contributed by atoms with van der Waals surface area (Å²) >= 11 is 0. The fourth-order valence-corrected chi connectivity index (χ4v) is 1.92. The Labute approximate surface area is 116 Å². The van der Waals surface area contributed by atoms with E-state index >= 15 is 0 Å². The summed E-state index contributed by atoms with van der Waals surface area (Å²) in [5.41, 5.74) is -0.467. The molecule has 0 unspecified atom stereocenters. The largest absolute Gasteiger partial charge is 0.573 e. The maximum absolute atomic E-state index is 13.8. The first-order valence-corrected chi connectivity index (χ1v) is 5.99. The summed E-state index contributed by atoms with van der Waals surface area (Å²) in [6, 6.07) is 2.11. The van der Waals surface area contributed by atoms with Crippen LogP contribution in [0, 0.1) is 5.82 Å². The number of carbonyl (C=O) groups excluding carboxylic acids is 1. The molecular formula is C12H11F5N2O2. The number of carbonyl (C=O) groups is 1. The molecule has 1 aliphatic rings. The zero-order valence-electron chi connectivity index (χ0n) is 10.5. The number of anilines is 1. The van der Waals surface area contributed by atoms with E-state index in [2.05, 4.69) is 15.4 Å². The van der Waals surface area contributed by atoms with Gasteiger partial charge in [-0.25, -0.2) is 8.78 Å². The van der Waals surface area contributed by atoms with Crippen LogP contribution in [0.4, 0.5) is 27.6 Å². The van der Waals surface area contributed by atoms with Gasteiger partial charge in [-0.15, -0.1) is 13.2 Å². The monoisotopic (exact) mass is 310 g/mol. The van der Waals surface area contributed by atoms with Crippen LogP contribution in [0.1, 0.15) is 6.42 Å². The smallest absolute Gasteiger partial charge is 0.403 e. The normalized spacial score (nSPS) is 22.1. The van der Waals surface area contributed by atoms with Gasteiger partial charge >= 0.3 is 6.36 Å². The molecule has 0 aliphatic carbocycles. The number of ether oxygens (including phenoxy) is 1. The SMILES string of the molecule is O=C(Nc1cccc(OC(F)(F)F)c1F)[C@@H]1C[C@@H](F)CN1. The highest BCUT2D eigenvalue weighted by Crippen LogP contribution is 2.29. The van der Waals surface area contributed by atoms with Crippen molar-refractivity contribution in [3.05, 3.63) is 24.0 Å². The van der Waals surface area contributed by atoms with Crippen LogP contribution < -0.4 is 15.4 Å². The van der Waals surface area contributed by atoms with Gasteiger partial charge in [0.25, 0.3) is 0 Å². The summed E-state index contributed by atoms with van der Waals surface area (Å²) in [5, 5.41) is 4.69. The highest BCUT2D eigenvalue weighted by atomic mass is 19.4. The molecule has 1 saturated heterocycles. The van der Waals surface area contributed by atoms with Crippen LogP contribution >= 0.6 is 0 Å². The van der Waals surface area contributed by atoms with Gasteiger partial charge in [-0.3, -0.25) is 4.79 Å². The molecule has 0 bridgehead atoms. The zero-order valence-corrected chi connectivity index (χ0v) is 10.5. The molecule has 1 amide bonds. The quantitative estimate of drug-likeness (QED) is 0.843. The Morgan fingerprint density at radius 2 is 2.10 bits per heavy atom. The van der Waals surface area contributed by atoms with Crippen LogP contribution in [0.25, 0.3) is 0 Å². The molecule has 0 radical (unpaired) electrons. The average Bonchev–Trinajstić information content (AvgIpc) is 2.79. The van der Waals surface area contributed by atoms with Gasteiger partial charge < -0.3 is 15.4 Å². The van der Waals surface area contributed by atoms with Crippen molar-refractivity contribution in [2.45, 2.75) is 25.0 Å². The van der Waals surface area contributed by atoms with E-state index < -0.39 is 41.7 Å². The number of benzene rings is 1. The lowest BCUT2D eigenvalue weighted by molar-refractivity contribution is -0.275. The number of nitrogens with one attached hydrogen (secondary N) is 2. The molecule has 4 nitrogen and oxygen atoms in total. The molecule has 2 atom stereocenters. The molecule has 9 heteroatoms. The highest BCUT2D eigenvalue weighted by Gasteiger charge is 2.33. The van der Waals surface area contributed by atoms with E-state index in [1.807, 2.05) is 0 Å². The van der Waals surface area contributed by atoms with Crippen LogP contribution in [0.3, 0.4) is 0 Å². The first-order chi connectivity index (χ1) is 9.76. The van der Waals surface area contributed by atoms with Gasteiger partial charge in [0.2, 0.25) is 5.91 Å². The third-order valence-electron chi connectivity index (χ3n) is 2.84. The number of hydrogen-bond acceptors (Lipinski definition) is 3. The van der Waals surface area contributed by atoms with Gasteiger partial charge in [0.05, 0.1) is 11.7 Å². The molecule has 116 valence electrons. The minimum absolute atomic E-state index is 0.00219. The Balaban J connectivity index is 2.10. The topological polar surface area (TPSA) is 50.4 Å². The van der Waals surface area contributed by atoms with E-state index in [-0.39, 0.29) is 13.0 Å². The summed E-state index contributed by atoms with van der Waals surface area (Å²) in [6.45, 7) is -0.00219. The minimum Gasteiger partial charge on any atom is -0.403 e. The molecule has 0 spiro atoms. The molecule has 2 N–H and O–H groups in total. The van der Waals surface area contributed by atoms with Crippen LogP contribution in [0.15, 0.2) is 18.2 Å². The van der Waals surface area contributed by atoms with E-state index in [9.17, 15) is 26.7 Å². The van der Waals surface area contributed by atoms with Crippen molar-refractivity contribution in [2.75, 3.05) is 11.9 Å². The van der Waals surface area contributed by atoms with Crippen molar-refractivity contribution in [1.29, 1.82) is 0 Å².